The molecule has 0 aliphatic heterocycles. The summed E-state index contributed by atoms with van der Waals surface area (Å²) >= 11 is 0. The van der Waals surface area contributed by atoms with Crippen molar-refractivity contribution >= 4 is 0 Å². The molecular formula is C15H26O3. The zero-order valence-electron chi connectivity index (χ0n) is 12.3. The Kier molecular flexibility index (Phi) is 4.69. The van der Waals surface area contributed by atoms with E-state index in [1.807, 2.05) is 34.6 Å². The molecule has 0 aromatic carbocycles. The molecule has 1 N–H and O–H groups in total. The second-order valence-corrected chi connectivity index (χ2v) is 6.54. The number of hydrogen-bond acceptors (Lipinski definition) is 3. The van der Waals surface area contributed by atoms with Crippen molar-refractivity contribution in [2.24, 2.45) is 0 Å². The minimum absolute atomic E-state index is 0.285. The van der Waals surface area contributed by atoms with Crippen LogP contribution in [0.2, 0.25) is 0 Å². The summed E-state index contributed by atoms with van der Waals surface area (Å²) in [4.78, 5) is 0. The van der Waals surface area contributed by atoms with Crippen LogP contribution in [0.4, 0.5) is 0 Å². The SMILES string of the molecule is CC(C)(C)OC(C)(C)OC#CC1(O)CCCCC1. The van der Waals surface area contributed by atoms with Gasteiger partial charge in [-0.05, 0) is 52.4 Å². The monoisotopic (exact) mass is 254 g/mol. The van der Waals surface area contributed by atoms with Gasteiger partial charge in [-0.25, -0.2) is 0 Å². The molecule has 1 aliphatic rings. The van der Waals surface area contributed by atoms with Crippen molar-refractivity contribution < 1.29 is 14.6 Å². The minimum atomic E-state index is -0.865. The fourth-order valence-electron chi connectivity index (χ4n) is 2.26. The third-order valence-electron chi connectivity index (χ3n) is 2.81. The van der Waals surface area contributed by atoms with Gasteiger partial charge in [-0.3, -0.25) is 0 Å². The maximum atomic E-state index is 10.2. The Balaban J connectivity index is 2.53. The molecule has 3 heteroatoms. The summed E-state index contributed by atoms with van der Waals surface area (Å²) in [5.74, 6) is 2.08. The summed E-state index contributed by atoms with van der Waals surface area (Å²) in [6, 6.07) is 0. The van der Waals surface area contributed by atoms with Crippen LogP contribution < -0.4 is 0 Å². The van der Waals surface area contributed by atoms with Crippen molar-refractivity contribution in [3.8, 4) is 12.0 Å². The Bertz CT molecular complexity index is 322. The number of aliphatic hydroxyl groups is 1. The van der Waals surface area contributed by atoms with E-state index in [9.17, 15) is 5.11 Å². The normalized spacial score (nSPS) is 19.9. The van der Waals surface area contributed by atoms with Gasteiger partial charge in [0.2, 0.25) is 5.79 Å². The second kappa shape index (κ2) is 5.50. The molecular weight excluding hydrogens is 228 g/mol. The third kappa shape index (κ3) is 5.75. The lowest BCUT2D eigenvalue weighted by Crippen LogP contribution is -2.36. The molecule has 18 heavy (non-hydrogen) atoms. The Hall–Kier alpha value is -0.720. The van der Waals surface area contributed by atoms with Crippen LogP contribution in [-0.4, -0.2) is 22.1 Å². The fraction of sp³-hybridized carbons (Fsp3) is 0.867. The van der Waals surface area contributed by atoms with Crippen LogP contribution in [-0.2, 0) is 9.47 Å². The smallest absolute Gasteiger partial charge is 0.215 e. The Morgan fingerprint density at radius 2 is 1.56 bits per heavy atom. The Morgan fingerprint density at radius 3 is 2.06 bits per heavy atom. The number of rotatable bonds is 2. The van der Waals surface area contributed by atoms with Gasteiger partial charge in [0.1, 0.15) is 11.7 Å². The molecule has 0 radical (unpaired) electrons. The van der Waals surface area contributed by atoms with Crippen LogP contribution in [0, 0.1) is 12.0 Å². The van der Waals surface area contributed by atoms with Crippen molar-refractivity contribution in [1.82, 2.24) is 0 Å². The van der Waals surface area contributed by atoms with Crippen molar-refractivity contribution in [3.05, 3.63) is 0 Å². The number of hydrogen-bond donors (Lipinski definition) is 1. The first-order chi connectivity index (χ1) is 8.12. The summed E-state index contributed by atoms with van der Waals surface area (Å²) < 4.78 is 11.2. The predicted octanol–water partition coefficient (Wildman–Crippen LogP) is 3.21. The van der Waals surface area contributed by atoms with E-state index in [-0.39, 0.29) is 5.60 Å². The molecule has 3 nitrogen and oxygen atoms in total. The minimum Gasteiger partial charge on any atom is -0.412 e. The van der Waals surface area contributed by atoms with Crippen LogP contribution in [0.25, 0.3) is 0 Å². The molecule has 0 bridgehead atoms. The first-order valence-corrected chi connectivity index (χ1v) is 6.75. The summed E-state index contributed by atoms with van der Waals surface area (Å²) in [5, 5.41) is 10.2. The molecule has 0 spiro atoms. The van der Waals surface area contributed by atoms with Gasteiger partial charge in [-0.1, -0.05) is 6.42 Å². The number of ether oxygens (including phenoxy) is 2. The van der Waals surface area contributed by atoms with E-state index in [0.29, 0.717) is 0 Å². The molecule has 1 rings (SSSR count). The summed E-state index contributed by atoms with van der Waals surface area (Å²) in [6.45, 7) is 9.58. The highest BCUT2D eigenvalue weighted by Gasteiger charge is 2.29. The van der Waals surface area contributed by atoms with Gasteiger partial charge in [0.25, 0.3) is 0 Å². The zero-order chi connectivity index (χ0) is 13.9. The standard InChI is InChI=1S/C15H26O3/c1-13(2,3)18-14(4,5)17-12-11-15(16)9-7-6-8-10-15/h16H,6-10H2,1-5H3. The lowest BCUT2D eigenvalue weighted by molar-refractivity contribution is -0.227. The summed E-state index contributed by atoms with van der Waals surface area (Å²) in [6.07, 6.45) is 7.37. The molecule has 0 aromatic heterocycles. The van der Waals surface area contributed by atoms with E-state index in [1.54, 1.807) is 0 Å². The maximum absolute atomic E-state index is 10.2. The molecule has 0 amide bonds. The van der Waals surface area contributed by atoms with Crippen molar-refractivity contribution in [1.29, 1.82) is 0 Å². The average Bonchev–Trinajstić information content (AvgIpc) is 2.13. The summed E-state index contributed by atoms with van der Waals surface area (Å²) in [5.41, 5.74) is -1.15. The first-order valence-electron chi connectivity index (χ1n) is 6.75. The van der Waals surface area contributed by atoms with E-state index in [0.717, 1.165) is 25.7 Å². The molecule has 1 saturated carbocycles. The van der Waals surface area contributed by atoms with E-state index in [4.69, 9.17) is 9.47 Å². The van der Waals surface area contributed by atoms with Crippen molar-refractivity contribution in [2.45, 2.75) is 83.7 Å². The van der Waals surface area contributed by atoms with E-state index >= 15 is 0 Å². The van der Waals surface area contributed by atoms with Gasteiger partial charge in [0, 0.05) is 13.8 Å². The van der Waals surface area contributed by atoms with Gasteiger partial charge in [-0.15, -0.1) is 0 Å². The Morgan fingerprint density at radius 1 is 1.00 bits per heavy atom. The van der Waals surface area contributed by atoms with Crippen LogP contribution in [0.1, 0.15) is 66.7 Å². The molecule has 104 valence electrons. The van der Waals surface area contributed by atoms with E-state index in [2.05, 4.69) is 12.0 Å². The topological polar surface area (TPSA) is 38.7 Å². The lowest BCUT2D eigenvalue weighted by Gasteiger charge is -2.31. The largest absolute Gasteiger partial charge is 0.412 e. The molecule has 0 unspecified atom stereocenters. The first kappa shape index (κ1) is 15.3. The van der Waals surface area contributed by atoms with Crippen LogP contribution in [0.3, 0.4) is 0 Å². The van der Waals surface area contributed by atoms with Crippen LogP contribution in [0.15, 0.2) is 0 Å². The zero-order valence-corrected chi connectivity index (χ0v) is 12.3. The molecule has 0 heterocycles. The quantitative estimate of drug-likeness (QED) is 0.607. The van der Waals surface area contributed by atoms with Gasteiger partial charge in [0.05, 0.1) is 5.60 Å². The lowest BCUT2D eigenvalue weighted by atomic mass is 9.86. The van der Waals surface area contributed by atoms with E-state index in [1.165, 1.54) is 6.42 Å². The van der Waals surface area contributed by atoms with Crippen molar-refractivity contribution in [2.75, 3.05) is 0 Å². The average molecular weight is 254 g/mol. The van der Waals surface area contributed by atoms with E-state index < -0.39 is 11.4 Å². The van der Waals surface area contributed by atoms with Gasteiger partial charge >= 0.3 is 0 Å². The molecule has 0 saturated heterocycles. The second-order valence-electron chi connectivity index (χ2n) is 6.54. The van der Waals surface area contributed by atoms with Gasteiger partial charge in [0.15, 0.2) is 0 Å². The molecule has 0 atom stereocenters. The highest BCUT2D eigenvalue weighted by atomic mass is 16.7. The molecule has 0 aromatic rings. The van der Waals surface area contributed by atoms with Crippen LogP contribution in [0.5, 0.6) is 0 Å². The fourth-order valence-corrected chi connectivity index (χ4v) is 2.26. The Labute approximate surface area is 111 Å². The predicted molar refractivity (Wildman–Crippen MR) is 71.8 cm³/mol. The molecule has 1 fully saturated rings. The maximum Gasteiger partial charge on any atom is 0.215 e. The molecule has 1 aliphatic carbocycles. The van der Waals surface area contributed by atoms with Crippen molar-refractivity contribution in [3.63, 3.8) is 0 Å². The summed E-state index contributed by atoms with van der Waals surface area (Å²) in [7, 11) is 0. The van der Waals surface area contributed by atoms with Gasteiger partial charge in [-0.2, -0.15) is 0 Å². The highest BCUT2D eigenvalue weighted by Crippen LogP contribution is 2.27. The van der Waals surface area contributed by atoms with Crippen LogP contribution >= 0.6 is 0 Å². The van der Waals surface area contributed by atoms with Gasteiger partial charge < -0.3 is 14.6 Å². The highest BCUT2D eigenvalue weighted by molar-refractivity contribution is 5.11. The third-order valence-corrected chi connectivity index (χ3v) is 2.81.